The molecule has 0 aromatic rings. The predicted octanol–water partition coefficient (Wildman–Crippen LogP) is -13.7. The van der Waals surface area contributed by atoms with E-state index >= 15 is 0 Å². The third-order valence-corrected chi connectivity index (χ3v) is 12.3. The largest absolute Gasteiger partial charge is 0.477 e. The fraction of sp³-hybridized carbons (Fsp3) is 0.897. The van der Waals surface area contributed by atoms with E-state index in [1.807, 2.05) is 0 Å². The fourth-order valence-corrected chi connectivity index (χ4v) is 8.42. The number of rotatable bonds is 24. The number of carbonyl (C=O) groups is 4. The van der Waals surface area contributed by atoms with Crippen molar-refractivity contribution in [2.24, 2.45) is 0 Å². The Kier molecular flexibility index (Phi) is 23.1. The van der Waals surface area contributed by atoms with Gasteiger partial charge in [0.05, 0.1) is 57.8 Å². The van der Waals surface area contributed by atoms with Crippen LogP contribution in [0.1, 0.15) is 20.3 Å². The van der Waals surface area contributed by atoms with E-state index in [4.69, 9.17) is 37.9 Å². The molecule has 4 aliphatic rings. The van der Waals surface area contributed by atoms with Crippen LogP contribution in [0.15, 0.2) is 0 Å². The van der Waals surface area contributed by atoms with E-state index in [0.29, 0.717) is 0 Å². The van der Waals surface area contributed by atoms with Crippen molar-refractivity contribution < 1.29 is 149 Å². The molecule has 0 radical (unpaired) electrons. The number of amides is 3. The number of carboxylic acids is 1. The van der Waals surface area contributed by atoms with Crippen LogP contribution in [-0.4, -0.2) is 315 Å². The van der Waals surface area contributed by atoms with E-state index in [0.717, 1.165) is 13.8 Å². The first kappa shape index (κ1) is 61.4. The van der Waals surface area contributed by atoms with Gasteiger partial charge in [0, 0.05) is 20.3 Å². The molecule has 0 saturated carbocycles. The van der Waals surface area contributed by atoms with Crippen LogP contribution in [0, 0.1) is 0 Å². The van der Waals surface area contributed by atoms with Crippen molar-refractivity contribution in [3.63, 3.8) is 0 Å². The molecule has 0 spiro atoms. The van der Waals surface area contributed by atoms with Crippen molar-refractivity contribution in [1.82, 2.24) is 16.0 Å². The van der Waals surface area contributed by atoms with Crippen LogP contribution in [0.4, 0.5) is 0 Å². The van der Waals surface area contributed by atoms with Gasteiger partial charge in [0.2, 0.25) is 17.7 Å². The SMILES string of the molecule is CC(=O)N[C@H]1[C@H](O[C@H]2[C@@H](O)[C@@H](CO)O[C@@H](O[C@@H]([C@@H](O)[C@H](O)CO)[C@H](CO)NC(C)=O)[C@@H]2O)O[C@H](CO)[C@@H](O[C@@H]2O[C@H](CO[C@]3(C(=O)O)C[C@H](O)[C@@H](NC(=O)CO)[C@H]([C@H](O)[C@H](O)CO)O3)[C@H](O)[C@H](O)[C@H]2O)[C@@H]1O. The van der Waals surface area contributed by atoms with Gasteiger partial charge in [0.25, 0.3) is 5.79 Å². The van der Waals surface area contributed by atoms with Crippen molar-refractivity contribution in [3.05, 3.63) is 0 Å². The lowest BCUT2D eigenvalue weighted by molar-refractivity contribution is -0.375. The van der Waals surface area contributed by atoms with Gasteiger partial charge >= 0.3 is 5.97 Å². The molecule has 4 heterocycles. The van der Waals surface area contributed by atoms with E-state index in [1.54, 1.807) is 0 Å². The van der Waals surface area contributed by atoms with Crippen LogP contribution in [0.2, 0.25) is 0 Å². The highest BCUT2D eigenvalue weighted by atomic mass is 16.8. The minimum Gasteiger partial charge on any atom is -0.477 e. The number of carboxylic acid groups (broad SMARTS) is 1. The van der Waals surface area contributed by atoms with Crippen molar-refractivity contribution in [1.29, 1.82) is 0 Å². The maximum Gasteiger partial charge on any atom is 0.364 e. The van der Waals surface area contributed by atoms with E-state index in [9.17, 15) is 111 Å². The number of nitrogens with one attached hydrogen (secondary N) is 3. The van der Waals surface area contributed by atoms with Crippen molar-refractivity contribution in [2.75, 3.05) is 46.2 Å². The number of carbonyl (C=O) groups excluding carboxylic acids is 3. The predicted molar refractivity (Wildman–Crippen MR) is 222 cm³/mol. The van der Waals surface area contributed by atoms with E-state index in [-0.39, 0.29) is 0 Å². The first-order valence-corrected chi connectivity index (χ1v) is 22.3. The summed E-state index contributed by atoms with van der Waals surface area (Å²) in [7, 11) is 0. The third-order valence-electron chi connectivity index (χ3n) is 12.3. The van der Waals surface area contributed by atoms with Gasteiger partial charge in [-0.05, 0) is 0 Å². The number of aliphatic hydroxyl groups excluding tert-OH is 17. The molecule has 0 bridgehead atoms. The molecule has 21 N–H and O–H groups in total. The summed E-state index contributed by atoms with van der Waals surface area (Å²) in [5.41, 5.74) is 0. The van der Waals surface area contributed by atoms with E-state index < -0.39 is 229 Å². The lowest BCUT2D eigenvalue weighted by Gasteiger charge is -2.50. The molecular formula is C39H67N3O30. The molecule has 4 fully saturated rings. The molecule has 4 rings (SSSR count). The van der Waals surface area contributed by atoms with Crippen molar-refractivity contribution >= 4 is 23.7 Å². The summed E-state index contributed by atoms with van der Waals surface area (Å²) in [5, 5.41) is 196. The van der Waals surface area contributed by atoms with Gasteiger partial charge in [-0.1, -0.05) is 0 Å². The zero-order chi connectivity index (χ0) is 54.1. The molecule has 72 heavy (non-hydrogen) atoms. The first-order valence-electron chi connectivity index (χ1n) is 22.3. The van der Waals surface area contributed by atoms with Gasteiger partial charge < -0.3 is 146 Å². The van der Waals surface area contributed by atoms with Crippen LogP contribution in [0.3, 0.4) is 0 Å². The highest BCUT2D eigenvalue weighted by Crippen LogP contribution is 2.37. The smallest absolute Gasteiger partial charge is 0.364 e. The zero-order valence-electron chi connectivity index (χ0n) is 38.5. The highest BCUT2D eigenvalue weighted by Gasteiger charge is 2.58. The van der Waals surface area contributed by atoms with E-state index in [1.165, 1.54) is 0 Å². The van der Waals surface area contributed by atoms with Gasteiger partial charge in [-0.15, -0.1) is 0 Å². The number of ether oxygens (including phenoxy) is 8. The molecule has 0 unspecified atom stereocenters. The van der Waals surface area contributed by atoms with Gasteiger partial charge in [0.15, 0.2) is 18.9 Å². The summed E-state index contributed by atoms with van der Waals surface area (Å²) in [6.45, 7) is -5.62. The van der Waals surface area contributed by atoms with E-state index in [2.05, 4.69) is 16.0 Å². The summed E-state index contributed by atoms with van der Waals surface area (Å²) in [6, 6.07) is -5.14. The minimum atomic E-state index is -3.04. The molecule has 33 nitrogen and oxygen atoms in total. The number of aliphatic carboxylic acids is 1. The third kappa shape index (κ3) is 14.2. The fourth-order valence-electron chi connectivity index (χ4n) is 8.42. The average molecular weight is 1060 g/mol. The Hall–Kier alpha value is -3.12. The molecule has 4 saturated heterocycles. The topological polar surface area (TPSA) is 542 Å². The van der Waals surface area contributed by atoms with Crippen LogP contribution >= 0.6 is 0 Å². The molecule has 33 heteroatoms. The molecule has 0 aromatic heterocycles. The Balaban J connectivity index is 1.59. The van der Waals surface area contributed by atoms with Crippen LogP contribution < -0.4 is 16.0 Å². The number of aliphatic hydroxyl groups is 17. The summed E-state index contributed by atoms with van der Waals surface area (Å²) in [4.78, 5) is 49.2. The molecular weight excluding hydrogens is 990 g/mol. The molecule has 418 valence electrons. The summed E-state index contributed by atoms with van der Waals surface area (Å²) < 4.78 is 45.3. The summed E-state index contributed by atoms with van der Waals surface area (Å²) in [6.07, 6.45) is -44.2. The second-order valence-corrected chi connectivity index (χ2v) is 17.4. The van der Waals surface area contributed by atoms with Crippen LogP contribution in [0.5, 0.6) is 0 Å². The first-order chi connectivity index (χ1) is 33.8. The highest BCUT2D eigenvalue weighted by molar-refractivity contribution is 5.78. The molecule has 0 aromatic carbocycles. The Labute approximate surface area is 407 Å². The van der Waals surface area contributed by atoms with Gasteiger partial charge in [-0.2, -0.15) is 0 Å². The number of hydrogen-bond acceptors (Lipinski definition) is 29. The zero-order valence-corrected chi connectivity index (χ0v) is 38.5. The van der Waals surface area contributed by atoms with Crippen LogP contribution in [-0.2, 0) is 57.1 Å². The lowest BCUT2D eigenvalue weighted by Crippen LogP contribution is -2.70. The standard InChI is InChI=1S/C39H67N3O30/c1-11(49)40-13(4-43)31(23(55)15(52)5-44)69-37-30(62)34(26(58)17(7-46)66-37)71-35-22(41-12(2)50)27(59)32(18(8-47)67-35)70-36-29(61)28(60)25(57)19(68-36)10-65-39(38(63)64)3-14(51)21(42-20(54)9-48)33(72-39)24(56)16(53)6-45/h13-19,21-37,43-48,51-53,55-62H,3-10H2,1-2H3,(H,40,49)(H,41,50)(H,42,54)(H,63,64)/t13-,14-,15+,16+,17+,18+,19+,21+,22+,23-,24+,25-,26-,27+,28-,29+,30+,31+,32+,33+,34-,35-,36-,37-,39+/m0/s1. The molecule has 0 aliphatic carbocycles. The summed E-state index contributed by atoms with van der Waals surface area (Å²) >= 11 is 0. The normalized spacial score (nSPS) is 39.9. The van der Waals surface area contributed by atoms with Gasteiger partial charge in [-0.25, -0.2) is 4.79 Å². The minimum absolute atomic E-state index is 0.772. The Bertz CT molecular complexity index is 1740. The molecule has 4 aliphatic heterocycles. The summed E-state index contributed by atoms with van der Waals surface area (Å²) in [5.74, 6) is -7.86. The average Bonchev–Trinajstić information content (AvgIpc) is 3.34. The van der Waals surface area contributed by atoms with Crippen molar-refractivity contribution in [2.45, 2.75) is 173 Å². The quantitative estimate of drug-likeness (QED) is 0.0427. The van der Waals surface area contributed by atoms with Crippen LogP contribution in [0.25, 0.3) is 0 Å². The maximum absolute atomic E-state index is 12.7. The lowest BCUT2D eigenvalue weighted by atomic mass is 9.88. The van der Waals surface area contributed by atoms with Gasteiger partial charge in [0.1, 0.15) is 116 Å². The molecule has 3 amide bonds. The van der Waals surface area contributed by atoms with Crippen molar-refractivity contribution in [3.8, 4) is 0 Å². The Morgan fingerprint density at radius 1 is 0.639 bits per heavy atom. The molecule has 25 atom stereocenters. The Morgan fingerprint density at radius 2 is 1.24 bits per heavy atom. The maximum atomic E-state index is 12.7. The van der Waals surface area contributed by atoms with Gasteiger partial charge in [-0.3, -0.25) is 14.4 Å². The second kappa shape index (κ2) is 27.1. The Morgan fingerprint density at radius 3 is 1.78 bits per heavy atom. The number of hydrogen-bond donors (Lipinski definition) is 21. The monoisotopic (exact) mass is 1060 g/mol. The second-order valence-electron chi connectivity index (χ2n) is 17.4.